The molecule has 1 unspecified atom stereocenters. The van der Waals surface area contributed by atoms with E-state index in [2.05, 4.69) is 15.2 Å². The van der Waals surface area contributed by atoms with E-state index >= 15 is 0 Å². The molecule has 8 nitrogen and oxygen atoms in total. The maximum Gasteiger partial charge on any atom is 0.290 e. The Morgan fingerprint density at radius 2 is 1.94 bits per heavy atom. The van der Waals surface area contributed by atoms with Gasteiger partial charge in [0.15, 0.2) is 0 Å². The number of carbonyl (C=O) groups excluding carboxylic acids is 1. The third-order valence-electron chi connectivity index (χ3n) is 5.13. The number of carbonyl (C=O) groups is 2. The zero-order valence-electron chi connectivity index (χ0n) is 17.4. The van der Waals surface area contributed by atoms with E-state index in [1.54, 1.807) is 12.4 Å². The van der Waals surface area contributed by atoms with Crippen LogP contribution in [0.25, 0.3) is 11.3 Å². The summed E-state index contributed by atoms with van der Waals surface area (Å²) >= 11 is 0. The number of amides is 1. The highest BCUT2D eigenvalue weighted by Crippen LogP contribution is 2.24. The molecule has 160 valence electrons. The van der Waals surface area contributed by atoms with Gasteiger partial charge in [0.25, 0.3) is 12.4 Å². The number of pyridine rings is 1. The first-order valence-corrected chi connectivity index (χ1v) is 9.84. The topological polar surface area (TPSA) is 106 Å². The van der Waals surface area contributed by atoms with Gasteiger partial charge in [-0.25, -0.2) is 0 Å². The zero-order valence-corrected chi connectivity index (χ0v) is 17.4. The summed E-state index contributed by atoms with van der Waals surface area (Å²) in [4.78, 5) is 27.5. The minimum Gasteiger partial charge on any atom is -0.483 e. The molecule has 3 heterocycles. The normalized spacial score (nSPS) is 15.5. The van der Waals surface area contributed by atoms with E-state index in [0.717, 1.165) is 28.1 Å². The van der Waals surface area contributed by atoms with E-state index < -0.39 is 0 Å². The third-order valence-corrected chi connectivity index (χ3v) is 5.13. The molecule has 0 aliphatic carbocycles. The van der Waals surface area contributed by atoms with Crippen molar-refractivity contribution in [1.82, 2.24) is 20.1 Å². The van der Waals surface area contributed by atoms with Crippen molar-refractivity contribution >= 4 is 12.4 Å². The molecule has 2 aromatic heterocycles. The summed E-state index contributed by atoms with van der Waals surface area (Å²) in [6.07, 6.45) is 3.31. The molecule has 1 N–H and O–H groups in total. The van der Waals surface area contributed by atoms with E-state index in [0.29, 0.717) is 25.3 Å². The maximum atomic E-state index is 13.0. The Bertz CT molecular complexity index is 1030. The molecule has 1 aliphatic heterocycles. The molecular weight excluding hydrogens is 396 g/mol. The van der Waals surface area contributed by atoms with Crippen molar-refractivity contribution in [2.75, 3.05) is 19.7 Å². The standard InChI is InChI=1S/C22H22N4O2.CH2O2/c1-15-13-24-25-21(16(15)2)17-6-8-18(9-7-17)22(27)26-11-12-28-20(14-26)19-5-3-4-10-23-19;2-1-3/h3-10,13,20H,11-12,14H2,1-2H3;1H,(H,2,3). The van der Waals surface area contributed by atoms with Crippen LogP contribution in [-0.4, -0.2) is 57.3 Å². The van der Waals surface area contributed by atoms with Crippen LogP contribution in [-0.2, 0) is 9.53 Å². The molecular formula is C23H24N4O4. The lowest BCUT2D eigenvalue weighted by Gasteiger charge is -2.32. The fourth-order valence-corrected chi connectivity index (χ4v) is 3.34. The minimum atomic E-state index is -0.250. The lowest BCUT2D eigenvalue weighted by molar-refractivity contribution is -0.122. The highest BCUT2D eigenvalue weighted by molar-refractivity contribution is 5.94. The second-order valence-electron chi connectivity index (χ2n) is 7.05. The predicted octanol–water partition coefficient (Wildman–Crippen LogP) is 3.07. The van der Waals surface area contributed by atoms with Crippen LogP contribution >= 0.6 is 0 Å². The largest absolute Gasteiger partial charge is 0.483 e. The number of rotatable bonds is 3. The molecule has 3 aromatic rings. The van der Waals surface area contributed by atoms with Crippen molar-refractivity contribution in [2.24, 2.45) is 0 Å². The zero-order chi connectivity index (χ0) is 22.2. The van der Waals surface area contributed by atoms with Gasteiger partial charge in [0.2, 0.25) is 0 Å². The second kappa shape index (κ2) is 10.4. The Morgan fingerprint density at radius 1 is 1.19 bits per heavy atom. The average Bonchev–Trinajstić information content (AvgIpc) is 2.82. The number of morpholine rings is 1. The number of carboxylic acid groups (broad SMARTS) is 1. The summed E-state index contributed by atoms with van der Waals surface area (Å²) in [6.45, 7) is 5.38. The number of hydrogen-bond donors (Lipinski definition) is 1. The van der Waals surface area contributed by atoms with Gasteiger partial charge in [0, 0.05) is 23.9 Å². The maximum absolute atomic E-state index is 13.0. The van der Waals surface area contributed by atoms with Crippen LogP contribution in [0.1, 0.15) is 33.3 Å². The van der Waals surface area contributed by atoms with Gasteiger partial charge in [-0.05, 0) is 49.2 Å². The van der Waals surface area contributed by atoms with Crippen molar-refractivity contribution in [3.8, 4) is 11.3 Å². The molecule has 1 aliphatic rings. The molecule has 1 saturated heterocycles. The highest BCUT2D eigenvalue weighted by Gasteiger charge is 2.26. The number of hydrogen-bond acceptors (Lipinski definition) is 6. The lowest BCUT2D eigenvalue weighted by atomic mass is 10.0. The molecule has 0 spiro atoms. The van der Waals surface area contributed by atoms with Crippen LogP contribution in [0.15, 0.2) is 54.9 Å². The lowest BCUT2D eigenvalue weighted by Crippen LogP contribution is -2.42. The van der Waals surface area contributed by atoms with E-state index in [1.165, 1.54) is 0 Å². The Morgan fingerprint density at radius 3 is 2.61 bits per heavy atom. The average molecular weight is 420 g/mol. The van der Waals surface area contributed by atoms with Crippen molar-refractivity contribution in [1.29, 1.82) is 0 Å². The molecule has 0 bridgehead atoms. The molecule has 4 rings (SSSR count). The first-order valence-electron chi connectivity index (χ1n) is 9.84. The molecule has 0 saturated carbocycles. The SMILES string of the molecule is Cc1cnnc(-c2ccc(C(=O)N3CCOC(c4ccccn4)C3)cc2)c1C.O=CO. The molecule has 1 aromatic carbocycles. The first kappa shape index (κ1) is 22.0. The summed E-state index contributed by atoms with van der Waals surface area (Å²) < 4.78 is 5.81. The van der Waals surface area contributed by atoms with Crippen molar-refractivity contribution < 1.29 is 19.4 Å². The van der Waals surface area contributed by atoms with Gasteiger partial charge in [-0.15, -0.1) is 0 Å². The van der Waals surface area contributed by atoms with Gasteiger partial charge in [-0.2, -0.15) is 10.2 Å². The second-order valence-corrected chi connectivity index (χ2v) is 7.05. The molecule has 1 amide bonds. The number of aryl methyl sites for hydroxylation is 1. The van der Waals surface area contributed by atoms with Gasteiger partial charge in [-0.3, -0.25) is 14.6 Å². The highest BCUT2D eigenvalue weighted by atomic mass is 16.5. The van der Waals surface area contributed by atoms with Crippen molar-refractivity contribution in [2.45, 2.75) is 20.0 Å². The first-order chi connectivity index (χ1) is 15.0. The Kier molecular flexibility index (Phi) is 7.40. The van der Waals surface area contributed by atoms with Crippen LogP contribution in [0.4, 0.5) is 0 Å². The summed E-state index contributed by atoms with van der Waals surface area (Å²) in [5.41, 5.74) is 5.51. The minimum absolute atomic E-state index is 0.00262. The Labute approximate surface area is 180 Å². The number of aromatic nitrogens is 3. The summed E-state index contributed by atoms with van der Waals surface area (Å²) in [5.74, 6) is 0.00262. The van der Waals surface area contributed by atoms with E-state index in [4.69, 9.17) is 14.6 Å². The van der Waals surface area contributed by atoms with Crippen molar-refractivity contribution in [3.63, 3.8) is 0 Å². The number of benzene rings is 1. The van der Waals surface area contributed by atoms with E-state index in [9.17, 15) is 4.79 Å². The number of ether oxygens (including phenoxy) is 1. The van der Waals surface area contributed by atoms with Gasteiger partial charge >= 0.3 is 0 Å². The summed E-state index contributed by atoms with van der Waals surface area (Å²) in [6, 6.07) is 13.3. The van der Waals surface area contributed by atoms with Gasteiger partial charge in [0.05, 0.1) is 30.7 Å². The van der Waals surface area contributed by atoms with Crippen LogP contribution in [0, 0.1) is 13.8 Å². The van der Waals surface area contributed by atoms with Crippen LogP contribution in [0.3, 0.4) is 0 Å². The van der Waals surface area contributed by atoms with E-state index in [1.807, 2.05) is 61.2 Å². The fourth-order valence-electron chi connectivity index (χ4n) is 3.34. The smallest absolute Gasteiger partial charge is 0.290 e. The van der Waals surface area contributed by atoms with Crippen LogP contribution in [0.2, 0.25) is 0 Å². The van der Waals surface area contributed by atoms with Gasteiger partial charge < -0.3 is 14.7 Å². The van der Waals surface area contributed by atoms with E-state index in [-0.39, 0.29) is 18.5 Å². The fraction of sp³-hybridized carbons (Fsp3) is 0.261. The van der Waals surface area contributed by atoms with Crippen LogP contribution in [0.5, 0.6) is 0 Å². The molecule has 1 atom stereocenters. The Hall–Kier alpha value is -3.65. The van der Waals surface area contributed by atoms with Gasteiger partial charge in [0.1, 0.15) is 6.10 Å². The quantitative estimate of drug-likeness (QED) is 0.649. The predicted molar refractivity (Wildman–Crippen MR) is 114 cm³/mol. The molecule has 1 fully saturated rings. The summed E-state index contributed by atoms with van der Waals surface area (Å²) in [5, 5.41) is 15.2. The third kappa shape index (κ3) is 5.29. The summed E-state index contributed by atoms with van der Waals surface area (Å²) in [7, 11) is 0. The van der Waals surface area contributed by atoms with Crippen LogP contribution < -0.4 is 0 Å². The number of nitrogens with zero attached hydrogens (tertiary/aromatic N) is 4. The monoisotopic (exact) mass is 420 g/mol. The van der Waals surface area contributed by atoms with Gasteiger partial charge in [-0.1, -0.05) is 18.2 Å². The molecule has 0 radical (unpaired) electrons. The Balaban J connectivity index is 0.000000858. The molecule has 8 heteroatoms. The molecule has 31 heavy (non-hydrogen) atoms. The van der Waals surface area contributed by atoms with Crippen molar-refractivity contribution in [3.05, 3.63) is 77.2 Å².